The largest absolute Gasteiger partial charge is 0.346 e. The number of rotatable bonds is 5. The van der Waals surface area contributed by atoms with E-state index in [1.54, 1.807) is 0 Å². The van der Waals surface area contributed by atoms with Gasteiger partial charge in [0.05, 0.1) is 17.9 Å². The Morgan fingerprint density at radius 2 is 1.83 bits per heavy atom. The Bertz CT molecular complexity index is 826. The highest BCUT2D eigenvalue weighted by molar-refractivity contribution is 5.56. The fourth-order valence-electron chi connectivity index (χ4n) is 2.17. The topological polar surface area (TPSA) is 62.7 Å². The first-order chi connectivity index (χ1) is 11.6. The maximum atomic E-state index is 13.7. The van der Waals surface area contributed by atoms with Crippen LogP contribution in [0.3, 0.4) is 0 Å². The van der Waals surface area contributed by atoms with Gasteiger partial charge in [0, 0.05) is 6.07 Å². The third-order valence-electron chi connectivity index (χ3n) is 3.40. The zero-order chi connectivity index (χ0) is 16.9. The Kier molecular flexibility index (Phi) is 4.60. The molecule has 7 heteroatoms. The van der Waals surface area contributed by atoms with E-state index in [0.29, 0.717) is 11.8 Å². The Hall–Kier alpha value is -3.09. The van der Waals surface area contributed by atoms with Gasteiger partial charge in [-0.3, -0.25) is 0 Å². The maximum absolute atomic E-state index is 13.7. The lowest BCUT2D eigenvalue weighted by Crippen LogP contribution is -2.11. The van der Waals surface area contributed by atoms with Gasteiger partial charge in [-0.15, -0.1) is 5.10 Å². The van der Waals surface area contributed by atoms with Crippen molar-refractivity contribution in [1.82, 2.24) is 15.2 Å². The van der Waals surface area contributed by atoms with Gasteiger partial charge in [0.15, 0.2) is 5.82 Å². The molecule has 1 aromatic heterocycles. The molecule has 5 nitrogen and oxygen atoms in total. The first-order valence-corrected chi connectivity index (χ1v) is 7.35. The van der Waals surface area contributed by atoms with E-state index >= 15 is 0 Å². The average Bonchev–Trinajstić information content (AvgIpc) is 2.58. The van der Waals surface area contributed by atoms with Crippen LogP contribution in [0.5, 0.6) is 0 Å². The molecule has 0 radical (unpaired) electrons. The lowest BCUT2D eigenvalue weighted by molar-refractivity contribution is 0.586. The number of benzene rings is 2. The SMILES string of the molecule is CC(Nc1nncc(Nc2ccc(F)cc2F)n1)c1ccccc1. The minimum atomic E-state index is -0.708. The van der Waals surface area contributed by atoms with Crippen LogP contribution in [0.25, 0.3) is 0 Å². The van der Waals surface area contributed by atoms with Crippen molar-refractivity contribution in [2.75, 3.05) is 10.6 Å². The second-order valence-corrected chi connectivity index (χ2v) is 5.19. The number of anilines is 3. The lowest BCUT2D eigenvalue weighted by Gasteiger charge is -2.14. The minimum absolute atomic E-state index is 0.0224. The van der Waals surface area contributed by atoms with Crippen LogP contribution in [0.1, 0.15) is 18.5 Å². The predicted octanol–water partition coefficient (Wildman–Crippen LogP) is 4.07. The summed E-state index contributed by atoms with van der Waals surface area (Å²) in [6, 6.07) is 13.0. The Labute approximate surface area is 137 Å². The second-order valence-electron chi connectivity index (χ2n) is 5.19. The molecule has 24 heavy (non-hydrogen) atoms. The Morgan fingerprint density at radius 3 is 2.58 bits per heavy atom. The molecule has 1 atom stereocenters. The van der Waals surface area contributed by atoms with Crippen LogP contribution in [0.2, 0.25) is 0 Å². The molecule has 0 aliphatic rings. The molecule has 0 fully saturated rings. The predicted molar refractivity (Wildman–Crippen MR) is 87.9 cm³/mol. The van der Waals surface area contributed by atoms with Gasteiger partial charge in [-0.25, -0.2) is 8.78 Å². The summed E-state index contributed by atoms with van der Waals surface area (Å²) in [7, 11) is 0. The number of aromatic nitrogens is 3. The average molecular weight is 327 g/mol. The summed E-state index contributed by atoms with van der Waals surface area (Å²) < 4.78 is 26.6. The molecule has 0 saturated carbocycles. The zero-order valence-corrected chi connectivity index (χ0v) is 12.9. The van der Waals surface area contributed by atoms with Crippen LogP contribution in [0.15, 0.2) is 54.7 Å². The van der Waals surface area contributed by atoms with Crippen molar-refractivity contribution >= 4 is 17.5 Å². The first-order valence-electron chi connectivity index (χ1n) is 7.35. The molecule has 3 rings (SSSR count). The molecule has 0 spiro atoms. The summed E-state index contributed by atoms with van der Waals surface area (Å²) in [6.07, 6.45) is 1.36. The van der Waals surface area contributed by atoms with Gasteiger partial charge >= 0.3 is 0 Å². The normalized spacial score (nSPS) is 11.8. The molecule has 0 saturated heterocycles. The van der Waals surface area contributed by atoms with Crippen LogP contribution in [0.4, 0.5) is 26.2 Å². The Morgan fingerprint density at radius 1 is 1.04 bits per heavy atom. The molecule has 0 amide bonds. The highest BCUT2D eigenvalue weighted by atomic mass is 19.1. The molecule has 2 N–H and O–H groups in total. The number of halogens is 2. The molecule has 122 valence electrons. The van der Waals surface area contributed by atoms with Crippen molar-refractivity contribution in [2.45, 2.75) is 13.0 Å². The van der Waals surface area contributed by atoms with Gasteiger partial charge in [0.25, 0.3) is 0 Å². The molecule has 0 bridgehead atoms. The second kappa shape index (κ2) is 6.99. The monoisotopic (exact) mass is 327 g/mol. The number of hydrogen-bond acceptors (Lipinski definition) is 5. The molecule has 1 unspecified atom stereocenters. The number of nitrogens with one attached hydrogen (secondary N) is 2. The van der Waals surface area contributed by atoms with Crippen molar-refractivity contribution in [1.29, 1.82) is 0 Å². The van der Waals surface area contributed by atoms with Crippen molar-refractivity contribution in [3.8, 4) is 0 Å². The molecule has 0 aliphatic heterocycles. The molecule has 2 aromatic carbocycles. The fourth-order valence-corrected chi connectivity index (χ4v) is 2.17. The van der Waals surface area contributed by atoms with Gasteiger partial charge in [-0.05, 0) is 24.6 Å². The smallest absolute Gasteiger partial charge is 0.245 e. The van der Waals surface area contributed by atoms with E-state index in [1.165, 1.54) is 12.3 Å². The lowest BCUT2D eigenvalue weighted by atomic mass is 10.1. The summed E-state index contributed by atoms with van der Waals surface area (Å²) in [5, 5.41) is 13.6. The van der Waals surface area contributed by atoms with Crippen LogP contribution in [-0.2, 0) is 0 Å². The molecule has 0 aliphatic carbocycles. The summed E-state index contributed by atoms with van der Waals surface area (Å²) in [4.78, 5) is 4.24. The van der Waals surface area contributed by atoms with Gasteiger partial charge in [-0.1, -0.05) is 30.3 Å². The Balaban J connectivity index is 1.74. The van der Waals surface area contributed by atoms with Crippen molar-refractivity contribution in [2.24, 2.45) is 0 Å². The number of nitrogens with zero attached hydrogens (tertiary/aromatic N) is 3. The van der Waals surface area contributed by atoms with Crippen LogP contribution in [0, 0.1) is 11.6 Å². The third kappa shape index (κ3) is 3.81. The van der Waals surface area contributed by atoms with Crippen LogP contribution < -0.4 is 10.6 Å². The quantitative estimate of drug-likeness (QED) is 0.740. The van der Waals surface area contributed by atoms with E-state index in [4.69, 9.17) is 0 Å². The highest BCUT2D eigenvalue weighted by Crippen LogP contribution is 2.20. The molecule has 1 heterocycles. The van der Waals surface area contributed by atoms with Crippen LogP contribution in [-0.4, -0.2) is 15.2 Å². The van der Waals surface area contributed by atoms with Gasteiger partial charge in [0.1, 0.15) is 11.6 Å². The van der Waals surface area contributed by atoms with E-state index in [9.17, 15) is 8.78 Å². The van der Waals surface area contributed by atoms with Crippen LogP contribution >= 0.6 is 0 Å². The van der Waals surface area contributed by atoms with Gasteiger partial charge in [-0.2, -0.15) is 10.1 Å². The summed E-state index contributed by atoms with van der Waals surface area (Å²) in [5.74, 6) is -0.740. The van der Waals surface area contributed by atoms with Crippen molar-refractivity contribution < 1.29 is 8.78 Å². The summed E-state index contributed by atoms with van der Waals surface area (Å²) >= 11 is 0. The van der Waals surface area contributed by atoms with Gasteiger partial charge < -0.3 is 10.6 Å². The van der Waals surface area contributed by atoms with E-state index in [-0.39, 0.29) is 11.7 Å². The summed E-state index contributed by atoms with van der Waals surface area (Å²) in [6.45, 7) is 1.97. The highest BCUT2D eigenvalue weighted by Gasteiger charge is 2.09. The standard InChI is InChI=1S/C17H15F2N5/c1-11(12-5-3-2-4-6-12)21-17-23-16(10-20-24-17)22-15-8-7-13(18)9-14(15)19/h2-11H,1H3,(H2,21,22,23,24). The zero-order valence-electron chi connectivity index (χ0n) is 12.9. The number of hydrogen-bond donors (Lipinski definition) is 2. The summed E-state index contributed by atoms with van der Waals surface area (Å²) in [5.41, 5.74) is 1.18. The van der Waals surface area contributed by atoms with E-state index in [0.717, 1.165) is 17.7 Å². The van der Waals surface area contributed by atoms with Crippen molar-refractivity contribution in [3.63, 3.8) is 0 Å². The molecule has 3 aromatic rings. The van der Waals surface area contributed by atoms with Crippen molar-refractivity contribution in [3.05, 3.63) is 71.9 Å². The fraction of sp³-hybridized carbons (Fsp3) is 0.118. The maximum Gasteiger partial charge on any atom is 0.245 e. The first kappa shape index (κ1) is 15.8. The minimum Gasteiger partial charge on any atom is -0.346 e. The molecular weight excluding hydrogens is 312 g/mol. The van der Waals surface area contributed by atoms with E-state index < -0.39 is 11.6 Å². The van der Waals surface area contributed by atoms with E-state index in [1.807, 2.05) is 37.3 Å². The van der Waals surface area contributed by atoms with Gasteiger partial charge in [0.2, 0.25) is 5.95 Å². The third-order valence-corrected chi connectivity index (χ3v) is 3.40. The molecular formula is C17H15F2N5. The van der Waals surface area contributed by atoms with E-state index in [2.05, 4.69) is 25.8 Å².